The summed E-state index contributed by atoms with van der Waals surface area (Å²) in [5, 5.41) is 3.14. The lowest BCUT2D eigenvalue weighted by atomic mass is 10.0. The van der Waals surface area contributed by atoms with Crippen LogP contribution in [0.25, 0.3) is 11.3 Å². The number of aromatic nitrogens is 2. The molecule has 0 aliphatic carbocycles. The topological polar surface area (TPSA) is 37.8 Å². The molecule has 94 valence electrons. The third kappa shape index (κ3) is 2.70. The van der Waals surface area contributed by atoms with Crippen molar-refractivity contribution in [2.45, 2.75) is 19.8 Å². The van der Waals surface area contributed by atoms with Gasteiger partial charge in [0, 0.05) is 22.6 Å². The summed E-state index contributed by atoms with van der Waals surface area (Å²) in [6.45, 7) is 2.16. The van der Waals surface area contributed by atoms with Gasteiger partial charge in [0.1, 0.15) is 12.1 Å². The van der Waals surface area contributed by atoms with Crippen molar-refractivity contribution < 1.29 is 0 Å². The van der Waals surface area contributed by atoms with E-state index in [-0.39, 0.29) is 0 Å². The quantitative estimate of drug-likeness (QED) is 0.931. The predicted molar refractivity (Wildman–Crippen MR) is 78.7 cm³/mol. The van der Waals surface area contributed by atoms with Crippen LogP contribution >= 0.6 is 15.9 Å². The Balaban J connectivity index is 2.55. The van der Waals surface area contributed by atoms with Crippen LogP contribution in [0.2, 0.25) is 0 Å². The van der Waals surface area contributed by atoms with Gasteiger partial charge in [-0.25, -0.2) is 9.97 Å². The normalized spacial score (nSPS) is 10.4. The van der Waals surface area contributed by atoms with Gasteiger partial charge in [0.2, 0.25) is 0 Å². The van der Waals surface area contributed by atoms with E-state index in [4.69, 9.17) is 0 Å². The summed E-state index contributed by atoms with van der Waals surface area (Å²) in [5.74, 6) is 0.918. The number of hydrogen-bond acceptors (Lipinski definition) is 3. The highest BCUT2D eigenvalue weighted by molar-refractivity contribution is 9.10. The Morgan fingerprint density at radius 1 is 1.28 bits per heavy atom. The molecule has 3 nitrogen and oxygen atoms in total. The van der Waals surface area contributed by atoms with E-state index in [1.807, 2.05) is 19.2 Å². The van der Waals surface area contributed by atoms with Crippen molar-refractivity contribution in [1.29, 1.82) is 0 Å². The maximum Gasteiger partial charge on any atom is 0.132 e. The van der Waals surface area contributed by atoms with Crippen molar-refractivity contribution >= 4 is 21.7 Å². The van der Waals surface area contributed by atoms with Crippen molar-refractivity contribution in [2.24, 2.45) is 0 Å². The number of nitrogens with zero attached hydrogens (tertiary/aromatic N) is 2. The fourth-order valence-electron chi connectivity index (χ4n) is 2.00. The summed E-state index contributed by atoms with van der Waals surface area (Å²) in [6.07, 6.45) is 3.66. The second-order valence-corrected chi connectivity index (χ2v) is 4.98. The summed E-state index contributed by atoms with van der Waals surface area (Å²) in [6, 6.07) is 8.20. The minimum Gasteiger partial charge on any atom is -0.373 e. The Morgan fingerprint density at radius 3 is 2.78 bits per heavy atom. The first-order valence-electron chi connectivity index (χ1n) is 6.03. The first kappa shape index (κ1) is 13.0. The molecule has 0 atom stereocenters. The molecule has 1 aromatic heterocycles. The molecule has 2 aromatic rings. The first-order valence-corrected chi connectivity index (χ1v) is 6.83. The van der Waals surface area contributed by atoms with E-state index in [9.17, 15) is 0 Å². The fraction of sp³-hybridized carbons (Fsp3) is 0.286. The van der Waals surface area contributed by atoms with Crippen LogP contribution in [0.1, 0.15) is 18.9 Å². The number of anilines is 1. The van der Waals surface area contributed by atoms with Crippen molar-refractivity contribution in [3.8, 4) is 11.3 Å². The smallest absolute Gasteiger partial charge is 0.132 e. The molecule has 0 amide bonds. The third-order valence-electron chi connectivity index (χ3n) is 2.78. The van der Waals surface area contributed by atoms with Gasteiger partial charge in [-0.2, -0.15) is 0 Å². The van der Waals surface area contributed by atoms with Crippen LogP contribution in [0.5, 0.6) is 0 Å². The number of hydrogen-bond donors (Lipinski definition) is 1. The monoisotopic (exact) mass is 305 g/mol. The van der Waals surface area contributed by atoms with E-state index in [0.717, 1.165) is 34.4 Å². The third-order valence-corrected chi connectivity index (χ3v) is 3.27. The molecule has 0 fully saturated rings. The zero-order valence-corrected chi connectivity index (χ0v) is 12.2. The van der Waals surface area contributed by atoms with Crippen LogP contribution in [0, 0.1) is 0 Å². The molecule has 4 heteroatoms. The van der Waals surface area contributed by atoms with Gasteiger partial charge in [-0.1, -0.05) is 41.4 Å². The zero-order valence-electron chi connectivity index (χ0n) is 10.6. The second kappa shape index (κ2) is 5.96. The van der Waals surface area contributed by atoms with E-state index < -0.39 is 0 Å². The molecular weight excluding hydrogens is 290 g/mol. The standard InChI is InChI=1S/C14H16BrN3/c1-3-5-12-13(17-9-18-14(12)16-2)10-6-4-7-11(15)8-10/h4,6-9H,3,5H2,1-2H3,(H,16,17,18). The molecule has 1 N–H and O–H groups in total. The SMILES string of the molecule is CCCc1c(NC)ncnc1-c1cccc(Br)c1. The minimum absolute atomic E-state index is 0.918. The predicted octanol–water partition coefficient (Wildman–Crippen LogP) is 3.90. The summed E-state index contributed by atoms with van der Waals surface area (Å²) in [4.78, 5) is 8.74. The van der Waals surface area contributed by atoms with Gasteiger partial charge in [0.05, 0.1) is 5.69 Å². The molecule has 0 spiro atoms. The van der Waals surface area contributed by atoms with Gasteiger partial charge >= 0.3 is 0 Å². The second-order valence-electron chi connectivity index (χ2n) is 4.06. The van der Waals surface area contributed by atoms with Crippen molar-refractivity contribution in [3.05, 3.63) is 40.6 Å². The van der Waals surface area contributed by atoms with Crippen LogP contribution in [-0.2, 0) is 6.42 Å². The number of nitrogens with one attached hydrogen (secondary N) is 1. The Labute approximate surface area is 116 Å². The zero-order chi connectivity index (χ0) is 13.0. The minimum atomic E-state index is 0.918. The molecule has 18 heavy (non-hydrogen) atoms. The lowest BCUT2D eigenvalue weighted by Gasteiger charge is -2.12. The highest BCUT2D eigenvalue weighted by Crippen LogP contribution is 2.28. The van der Waals surface area contributed by atoms with E-state index in [2.05, 4.69) is 50.3 Å². The van der Waals surface area contributed by atoms with Crippen LogP contribution in [0.15, 0.2) is 35.1 Å². The molecular formula is C14H16BrN3. The largest absolute Gasteiger partial charge is 0.373 e. The van der Waals surface area contributed by atoms with Gasteiger partial charge in [0.25, 0.3) is 0 Å². The molecule has 0 saturated heterocycles. The number of rotatable bonds is 4. The molecule has 0 bridgehead atoms. The Morgan fingerprint density at radius 2 is 2.11 bits per heavy atom. The Bertz CT molecular complexity index is 540. The fourth-order valence-corrected chi connectivity index (χ4v) is 2.40. The van der Waals surface area contributed by atoms with Gasteiger partial charge in [-0.3, -0.25) is 0 Å². The van der Waals surface area contributed by atoms with Crippen LogP contribution in [0.4, 0.5) is 5.82 Å². The average molecular weight is 306 g/mol. The summed E-state index contributed by atoms with van der Waals surface area (Å²) in [7, 11) is 1.90. The maximum atomic E-state index is 4.45. The first-order chi connectivity index (χ1) is 8.76. The summed E-state index contributed by atoms with van der Waals surface area (Å²) >= 11 is 3.50. The van der Waals surface area contributed by atoms with E-state index in [0.29, 0.717) is 0 Å². The van der Waals surface area contributed by atoms with Gasteiger partial charge in [0.15, 0.2) is 0 Å². The van der Waals surface area contributed by atoms with E-state index in [1.54, 1.807) is 6.33 Å². The lowest BCUT2D eigenvalue weighted by Crippen LogP contribution is -2.03. The lowest BCUT2D eigenvalue weighted by molar-refractivity contribution is 0.906. The molecule has 0 unspecified atom stereocenters. The van der Waals surface area contributed by atoms with Gasteiger partial charge in [-0.15, -0.1) is 0 Å². The number of benzene rings is 1. The average Bonchev–Trinajstić information content (AvgIpc) is 2.39. The highest BCUT2D eigenvalue weighted by atomic mass is 79.9. The maximum absolute atomic E-state index is 4.45. The molecule has 2 rings (SSSR count). The molecule has 0 aliphatic rings. The van der Waals surface area contributed by atoms with Crippen molar-refractivity contribution in [3.63, 3.8) is 0 Å². The van der Waals surface area contributed by atoms with Gasteiger partial charge < -0.3 is 5.32 Å². The Hall–Kier alpha value is -1.42. The van der Waals surface area contributed by atoms with E-state index in [1.165, 1.54) is 5.56 Å². The van der Waals surface area contributed by atoms with Crippen LogP contribution < -0.4 is 5.32 Å². The van der Waals surface area contributed by atoms with Gasteiger partial charge in [-0.05, 0) is 18.6 Å². The van der Waals surface area contributed by atoms with Crippen molar-refractivity contribution in [2.75, 3.05) is 12.4 Å². The molecule has 0 saturated carbocycles. The molecule has 1 heterocycles. The number of halogens is 1. The summed E-state index contributed by atoms with van der Waals surface area (Å²) < 4.78 is 1.06. The van der Waals surface area contributed by atoms with E-state index >= 15 is 0 Å². The highest BCUT2D eigenvalue weighted by Gasteiger charge is 2.11. The molecule has 0 radical (unpaired) electrons. The van der Waals surface area contributed by atoms with Crippen LogP contribution in [0.3, 0.4) is 0 Å². The van der Waals surface area contributed by atoms with Crippen molar-refractivity contribution in [1.82, 2.24) is 9.97 Å². The summed E-state index contributed by atoms with van der Waals surface area (Å²) in [5.41, 5.74) is 3.31. The Kier molecular flexibility index (Phi) is 4.31. The van der Waals surface area contributed by atoms with Crippen LogP contribution in [-0.4, -0.2) is 17.0 Å². The molecule has 1 aromatic carbocycles. The molecule has 0 aliphatic heterocycles.